The number of halogens is 3. The average Bonchev–Trinajstić information content (AvgIpc) is 3.05. The second-order valence-corrected chi connectivity index (χ2v) is 5.07. The summed E-state index contributed by atoms with van der Waals surface area (Å²) in [7, 11) is 0. The monoisotopic (exact) mass is 325 g/mol. The van der Waals surface area contributed by atoms with Crippen molar-refractivity contribution in [1.82, 2.24) is 29.4 Å². The Labute approximate surface area is 129 Å². The molecule has 0 saturated heterocycles. The maximum atomic E-state index is 12.6. The highest BCUT2D eigenvalue weighted by molar-refractivity contribution is 5.44. The number of nitrogens with zero attached hydrogens (tertiary/aromatic N) is 6. The minimum atomic E-state index is -4.43. The Balaban J connectivity index is 1.72. The van der Waals surface area contributed by atoms with E-state index in [2.05, 4.69) is 25.5 Å². The first-order chi connectivity index (χ1) is 10.8. The van der Waals surface area contributed by atoms with E-state index in [1.807, 2.05) is 6.92 Å². The van der Waals surface area contributed by atoms with Crippen molar-refractivity contribution in [2.24, 2.45) is 0 Å². The molecule has 1 N–H and O–H groups in total. The van der Waals surface area contributed by atoms with E-state index in [1.54, 1.807) is 13.0 Å². The van der Waals surface area contributed by atoms with Crippen molar-refractivity contribution < 1.29 is 13.2 Å². The number of hydrogen-bond donors (Lipinski definition) is 1. The van der Waals surface area contributed by atoms with Crippen LogP contribution in [0.25, 0.3) is 5.78 Å². The maximum Gasteiger partial charge on any atom is 0.435 e. The summed E-state index contributed by atoms with van der Waals surface area (Å²) in [6.07, 6.45) is -3.04. The van der Waals surface area contributed by atoms with Gasteiger partial charge in [-0.15, -0.1) is 0 Å². The molecule has 3 heterocycles. The van der Waals surface area contributed by atoms with Gasteiger partial charge in [-0.05, 0) is 19.9 Å². The molecule has 0 aliphatic heterocycles. The molecule has 23 heavy (non-hydrogen) atoms. The first kappa shape index (κ1) is 15.3. The topological polar surface area (TPSA) is 72.9 Å². The molecule has 7 nitrogen and oxygen atoms in total. The van der Waals surface area contributed by atoms with Crippen LogP contribution < -0.4 is 5.32 Å². The molecule has 0 fully saturated rings. The standard InChI is InChI=1S/C13H14F3N7/c1-8-5-11(23-12(20-8)18-7-19-23)17-3-4-22-9(2)6-10(21-22)13(14,15)16/h5-7,17H,3-4H2,1-2H3. The van der Waals surface area contributed by atoms with E-state index in [4.69, 9.17) is 0 Å². The van der Waals surface area contributed by atoms with E-state index in [-0.39, 0.29) is 0 Å². The molecule has 3 aromatic rings. The van der Waals surface area contributed by atoms with Crippen LogP contribution in [0, 0.1) is 13.8 Å². The first-order valence-corrected chi connectivity index (χ1v) is 6.87. The number of hydrogen-bond acceptors (Lipinski definition) is 5. The summed E-state index contributed by atoms with van der Waals surface area (Å²) in [5.74, 6) is 1.13. The zero-order valence-electron chi connectivity index (χ0n) is 12.5. The molecule has 0 aromatic carbocycles. The van der Waals surface area contributed by atoms with Crippen molar-refractivity contribution in [2.45, 2.75) is 26.6 Å². The Bertz CT molecular complexity index is 834. The van der Waals surface area contributed by atoms with Crippen LogP contribution in [0.2, 0.25) is 0 Å². The number of rotatable bonds is 4. The van der Waals surface area contributed by atoms with Gasteiger partial charge in [-0.2, -0.15) is 32.9 Å². The van der Waals surface area contributed by atoms with E-state index in [0.717, 1.165) is 11.8 Å². The summed E-state index contributed by atoms with van der Waals surface area (Å²) in [5, 5.41) is 10.8. The van der Waals surface area contributed by atoms with E-state index in [1.165, 1.54) is 15.5 Å². The second-order valence-electron chi connectivity index (χ2n) is 5.07. The smallest absolute Gasteiger partial charge is 0.368 e. The van der Waals surface area contributed by atoms with Crippen LogP contribution in [-0.2, 0) is 12.7 Å². The van der Waals surface area contributed by atoms with E-state index in [9.17, 15) is 13.2 Å². The number of fused-ring (bicyclic) bond motifs is 1. The van der Waals surface area contributed by atoms with Crippen molar-refractivity contribution >= 4 is 11.6 Å². The molecule has 0 aliphatic rings. The van der Waals surface area contributed by atoms with Gasteiger partial charge in [-0.3, -0.25) is 4.68 Å². The maximum absolute atomic E-state index is 12.6. The zero-order chi connectivity index (χ0) is 16.6. The molecule has 122 valence electrons. The first-order valence-electron chi connectivity index (χ1n) is 6.87. The molecule has 0 atom stereocenters. The number of anilines is 1. The van der Waals surface area contributed by atoms with Gasteiger partial charge in [0.15, 0.2) is 5.69 Å². The fourth-order valence-electron chi connectivity index (χ4n) is 2.22. The summed E-state index contributed by atoms with van der Waals surface area (Å²) in [5.41, 5.74) is 0.340. The van der Waals surface area contributed by atoms with Crippen LogP contribution in [0.5, 0.6) is 0 Å². The van der Waals surface area contributed by atoms with Crippen LogP contribution in [-0.4, -0.2) is 35.9 Å². The van der Waals surface area contributed by atoms with Gasteiger partial charge >= 0.3 is 6.18 Å². The van der Waals surface area contributed by atoms with Crippen molar-refractivity contribution in [3.63, 3.8) is 0 Å². The van der Waals surface area contributed by atoms with Gasteiger partial charge in [0.1, 0.15) is 12.1 Å². The lowest BCUT2D eigenvalue weighted by atomic mass is 10.3. The summed E-state index contributed by atoms with van der Waals surface area (Å²) in [6, 6.07) is 2.82. The lowest BCUT2D eigenvalue weighted by Crippen LogP contribution is -2.16. The van der Waals surface area contributed by atoms with Crippen LogP contribution in [0.1, 0.15) is 17.1 Å². The van der Waals surface area contributed by atoms with E-state index in [0.29, 0.717) is 30.4 Å². The van der Waals surface area contributed by atoms with Gasteiger partial charge in [0.05, 0.1) is 6.54 Å². The SMILES string of the molecule is Cc1cc(NCCn2nc(C(F)(F)F)cc2C)n2ncnc2n1. The molecule has 3 aromatic heterocycles. The Morgan fingerprint density at radius 1 is 1.22 bits per heavy atom. The minimum Gasteiger partial charge on any atom is -0.368 e. The summed E-state index contributed by atoms with van der Waals surface area (Å²) in [4.78, 5) is 8.22. The number of nitrogens with one attached hydrogen (secondary N) is 1. The third-order valence-corrected chi connectivity index (χ3v) is 3.28. The van der Waals surface area contributed by atoms with Crippen molar-refractivity contribution in [3.05, 3.63) is 35.5 Å². The third-order valence-electron chi connectivity index (χ3n) is 3.28. The van der Waals surface area contributed by atoms with Gasteiger partial charge in [0, 0.05) is 24.0 Å². The van der Waals surface area contributed by atoms with Gasteiger partial charge < -0.3 is 5.32 Å². The number of aromatic nitrogens is 6. The number of alkyl halides is 3. The summed E-state index contributed by atoms with van der Waals surface area (Å²) < 4.78 is 40.8. The molecule has 0 amide bonds. The van der Waals surface area contributed by atoms with Gasteiger partial charge in [-0.25, -0.2) is 4.98 Å². The van der Waals surface area contributed by atoms with Gasteiger partial charge in [0.2, 0.25) is 0 Å². The molecule has 0 bridgehead atoms. The summed E-state index contributed by atoms with van der Waals surface area (Å²) in [6.45, 7) is 4.10. The summed E-state index contributed by atoms with van der Waals surface area (Å²) >= 11 is 0. The Hall–Kier alpha value is -2.65. The van der Waals surface area contributed by atoms with Crippen molar-refractivity contribution in [1.29, 1.82) is 0 Å². The predicted molar refractivity (Wildman–Crippen MR) is 76.0 cm³/mol. The van der Waals surface area contributed by atoms with E-state index < -0.39 is 11.9 Å². The molecule has 0 aliphatic carbocycles. The Morgan fingerprint density at radius 2 is 2.00 bits per heavy atom. The Morgan fingerprint density at radius 3 is 2.70 bits per heavy atom. The van der Waals surface area contributed by atoms with Crippen LogP contribution >= 0.6 is 0 Å². The van der Waals surface area contributed by atoms with Crippen LogP contribution in [0.3, 0.4) is 0 Å². The molecular weight excluding hydrogens is 311 g/mol. The van der Waals surface area contributed by atoms with Gasteiger partial charge in [0.25, 0.3) is 5.78 Å². The fraction of sp³-hybridized carbons (Fsp3) is 0.385. The third kappa shape index (κ3) is 3.10. The molecule has 0 spiro atoms. The largest absolute Gasteiger partial charge is 0.435 e. The molecule has 3 rings (SSSR count). The predicted octanol–water partition coefficient (Wildman–Crippen LogP) is 2.07. The molecule has 0 radical (unpaired) electrons. The highest BCUT2D eigenvalue weighted by Crippen LogP contribution is 2.28. The van der Waals surface area contributed by atoms with E-state index >= 15 is 0 Å². The highest BCUT2D eigenvalue weighted by atomic mass is 19.4. The quantitative estimate of drug-likeness (QED) is 0.795. The molecule has 0 saturated carbocycles. The zero-order valence-corrected chi connectivity index (χ0v) is 12.5. The minimum absolute atomic E-state index is 0.291. The Kier molecular flexibility index (Phi) is 3.66. The highest BCUT2D eigenvalue weighted by Gasteiger charge is 2.34. The second kappa shape index (κ2) is 5.52. The molecular formula is C13H14F3N7. The fourth-order valence-corrected chi connectivity index (χ4v) is 2.22. The lowest BCUT2D eigenvalue weighted by Gasteiger charge is -2.09. The molecule has 0 unspecified atom stereocenters. The van der Waals surface area contributed by atoms with Gasteiger partial charge in [-0.1, -0.05) is 0 Å². The molecule has 10 heteroatoms. The normalized spacial score (nSPS) is 12.0. The van der Waals surface area contributed by atoms with Crippen molar-refractivity contribution in [3.8, 4) is 0 Å². The van der Waals surface area contributed by atoms with Crippen LogP contribution in [0.15, 0.2) is 18.5 Å². The lowest BCUT2D eigenvalue weighted by molar-refractivity contribution is -0.141. The number of aryl methyl sites for hydroxylation is 2. The van der Waals surface area contributed by atoms with Crippen molar-refractivity contribution in [2.75, 3.05) is 11.9 Å². The van der Waals surface area contributed by atoms with Crippen LogP contribution in [0.4, 0.5) is 19.0 Å². The average molecular weight is 325 g/mol.